The molecular weight excluding hydrogens is 497 g/mol. The predicted octanol–water partition coefficient (Wildman–Crippen LogP) is 6.09. The summed E-state index contributed by atoms with van der Waals surface area (Å²) in [7, 11) is 0. The van der Waals surface area contributed by atoms with Gasteiger partial charge in [0.2, 0.25) is 11.2 Å². The molecule has 0 aliphatic rings. The predicted molar refractivity (Wildman–Crippen MR) is 113 cm³/mol. The fourth-order valence-electron chi connectivity index (χ4n) is 2.73. The quantitative estimate of drug-likeness (QED) is 0.370. The Balaban J connectivity index is 2.05. The average Bonchev–Trinajstić information content (AvgIpc) is 2.70. The van der Waals surface area contributed by atoms with Crippen molar-refractivity contribution >= 4 is 32.9 Å². The highest BCUT2D eigenvalue weighted by Crippen LogP contribution is 2.39. The fourth-order valence-corrected chi connectivity index (χ4v) is 3.09. The van der Waals surface area contributed by atoms with Crippen LogP contribution in [0.15, 0.2) is 56.1 Å². The van der Waals surface area contributed by atoms with Crippen LogP contribution >= 0.6 is 15.9 Å². The van der Waals surface area contributed by atoms with Gasteiger partial charge in [0.15, 0.2) is 6.10 Å². The van der Waals surface area contributed by atoms with Crippen LogP contribution in [0, 0.1) is 0 Å². The molecule has 0 saturated heterocycles. The number of hydrogen-bond donors (Lipinski definition) is 0. The summed E-state index contributed by atoms with van der Waals surface area (Å²) in [6, 6.07) is 9.84. The second-order valence-corrected chi connectivity index (χ2v) is 7.88. The normalized spacial score (nSPS) is 12.6. The molecule has 0 aliphatic carbocycles. The van der Waals surface area contributed by atoms with Gasteiger partial charge in [-0.15, -0.1) is 0 Å². The van der Waals surface area contributed by atoms with Crippen molar-refractivity contribution in [1.82, 2.24) is 0 Å². The van der Waals surface area contributed by atoms with Crippen molar-refractivity contribution in [3.63, 3.8) is 0 Å². The molecule has 0 saturated carbocycles. The van der Waals surface area contributed by atoms with Crippen LogP contribution in [-0.2, 0) is 15.7 Å². The van der Waals surface area contributed by atoms with E-state index in [2.05, 4.69) is 15.9 Å². The van der Waals surface area contributed by atoms with Gasteiger partial charge < -0.3 is 18.6 Å². The summed E-state index contributed by atoms with van der Waals surface area (Å²) in [5.74, 6) is -3.17. The van der Waals surface area contributed by atoms with Crippen molar-refractivity contribution in [2.75, 3.05) is 0 Å². The first-order chi connectivity index (χ1) is 15.0. The van der Waals surface area contributed by atoms with E-state index in [1.807, 2.05) is 0 Å². The van der Waals surface area contributed by atoms with E-state index < -0.39 is 35.2 Å². The first kappa shape index (κ1) is 23.6. The Labute approximate surface area is 189 Å². The van der Waals surface area contributed by atoms with E-state index in [9.17, 15) is 22.8 Å². The van der Waals surface area contributed by atoms with Gasteiger partial charge in [-0.05, 0) is 61.0 Å². The molecule has 170 valence electrons. The average molecular weight is 515 g/mol. The number of ether oxygens (including phenoxy) is 3. The monoisotopic (exact) mass is 514 g/mol. The van der Waals surface area contributed by atoms with E-state index in [-0.39, 0.29) is 28.6 Å². The first-order valence-corrected chi connectivity index (χ1v) is 10.2. The van der Waals surface area contributed by atoms with Crippen LogP contribution in [0.3, 0.4) is 0 Å². The summed E-state index contributed by atoms with van der Waals surface area (Å²) in [6.45, 7) is 4.77. The molecule has 3 rings (SSSR count). The molecule has 1 unspecified atom stereocenters. The minimum Gasteiger partial charge on any atom is -0.479 e. The van der Waals surface area contributed by atoms with Crippen molar-refractivity contribution in [3.05, 3.63) is 62.9 Å². The van der Waals surface area contributed by atoms with E-state index >= 15 is 0 Å². The highest BCUT2D eigenvalue weighted by molar-refractivity contribution is 9.10. The molecule has 1 aromatic heterocycles. The number of fused-ring (bicyclic) bond motifs is 1. The number of carbonyl (C=O) groups is 1. The van der Waals surface area contributed by atoms with Gasteiger partial charge in [0, 0.05) is 6.07 Å². The lowest BCUT2D eigenvalue weighted by Gasteiger charge is -2.17. The minimum absolute atomic E-state index is 0.0158. The van der Waals surface area contributed by atoms with Crippen LogP contribution < -0.4 is 14.9 Å². The molecule has 0 spiro atoms. The molecule has 6 nitrogen and oxygen atoms in total. The van der Waals surface area contributed by atoms with E-state index in [0.717, 1.165) is 6.07 Å². The molecule has 3 aromatic rings. The van der Waals surface area contributed by atoms with Gasteiger partial charge >= 0.3 is 12.1 Å². The number of hydrogen-bond acceptors (Lipinski definition) is 6. The molecule has 0 N–H and O–H groups in total. The van der Waals surface area contributed by atoms with Crippen molar-refractivity contribution < 1.29 is 36.6 Å². The third-order valence-corrected chi connectivity index (χ3v) is 4.78. The van der Waals surface area contributed by atoms with E-state index in [1.54, 1.807) is 32.0 Å². The SMILES string of the molecule is CC(C)OC(=O)C(C)Oc1ccc2c(=O)c(Oc3ccccc3Br)c(C(F)(F)F)oc2c1. The van der Waals surface area contributed by atoms with Gasteiger partial charge in [-0.1, -0.05) is 12.1 Å². The number of benzene rings is 2. The number of esters is 1. The number of para-hydroxylation sites is 1. The standard InChI is InChI=1S/C22H18BrF3O6/c1-11(2)29-21(28)12(3)30-13-8-9-14-17(10-13)32-20(22(24,25)26)19(18(14)27)31-16-7-5-4-6-15(16)23/h4-12H,1-3H3. The van der Waals surface area contributed by atoms with E-state index in [1.165, 1.54) is 25.1 Å². The van der Waals surface area contributed by atoms with Crippen LogP contribution in [0.2, 0.25) is 0 Å². The Morgan fingerprint density at radius 1 is 1.09 bits per heavy atom. The van der Waals surface area contributed by atoms with Gasteiger partial charge in [-0.3, -0.25) is 4.79 Å². The molecule has 32 heavy (non-hydrogen) atoms. The van der Waals surface area contributed by atoms with Crippen molar-refractivity contribution in [1.29, 1.82) is 0 Å². The Morgan fingerprint density at radius 2 is 1.78 bits per heavy atom. The van der Waals surface area contributed by atoms with Crippen LogP contribution in [0.25, 0.3) is 11.0 Å². The van der Waals surface area contributed by atoms with E-state index in [4.69, 9.17) is 18.6 Å². The molecule has 1 heterocycles. The molecule has 0 radical (unpaired) electrons. The Hall–Kier alpha value is -3.01. The second kappa shape index (κ2) is 9.23. The van der Waals surface area contributed by atoms with Crippen LogP contribution in [-0.4, -0.2) is 18.2 Å². The zero-order valence-corrected chi connectivity index (χ0v) is 18.7. The molecule has 0 aliphatic heterocycles. The highest BCUT2D eigenvalue weighted by atomic mass is 79.9. The van der Waals surface area contributed by atoms with Crippen LogP contribution in [0.5, 0.6) is 17.2 Å². The maximum Gasteiger partial charge on any atom is 0.453 e. The molecule has 1 atom stereocenters. The number of halogens is 4. The molecule has 2 aromatic carbocycles. The van der Waals surface area contributed by atoms with Gasteiger partial charge in [0.25, 0.3) is 5.76 Å². The smallest absolute Gasteiger partial charge is 0.453 e. The third-order valence-electron chi connectivity index (χ3n) is 4.12. The second-order valence-electron chi connectivity index (χ2n) is 7.02. The minimum atomic E-state index is -5.00. The molecule has 10 heteroatoms. The maximum absolute atomic E-state index is 13.7. The van der Waals surface area contributed by atoms with Gasteiger partial charge in [0.1, 0.15) is 17.1 Å². The number of alkyl halides is 3. The summed E-state index contributed by atoms with van der Waals surface area (Å²) in [6.07, 6.45) is -6.39. The number of carbonyl (C=O) groups excluding carboxylic acids is 1. The molecule has 0 bridgehead atoms. The summed E-state index contributed by atoms with van der Waals surface area (Å²) in [5.41, 5.74) is -1.38. The zero-order chi connectivity index (χ0) is 23.6. The molecule has 0 fully saturated rings. The summed E-state index contributed by atoms with van der Waals surface area (Å²) < 4.78 is 62.2. The Bertz CT molecular complexity index is 1200. The first-order valence-electron chi connectivity index (χ1n) is 9.45. The summed E-state index contributed by atoms with van der Waals surface area (Å²) >= 11 is 3.17. The van der Waals surface area contributed by atoms with Crippen molar-refractivity contribution in [2.45, 2.75) is 39.2 Å². The summed E-state index contributed by atoms with van der Waals surface area (Å²) in [4.78, 5) is 24.8. The lowest BCUT2D eigenvalue weighted by molar-refractivity contribution is -0.155. The maximum atomic E-state index is 13.7. The van der Waals surface area contributed by atoms with Gasteiger partial charge in [-0.2, -0.15) is 13.2 Å². The zero-order valence-electron chi connectivity index (χ0n) is 17.2. The van der Waals surface area contributed by atoms with Crippen LogP contribution in [0.1, 0.15) is 26.5 Å². The Kier molecular flexibility index (Phi) is 6.82. The van der Waals surface area contributed by atoms with Crippen molar-refractivity contribution in [3.8, 4) is 17.2 Å². The van der Waals surface area contributed by atoms with Gasteiger partial charge in [-0.25, -0.2) is 4.79 Å². The van der Waals surface area contributed by atoms with Crippen molar-refractivity contribution in [2.24, 2.45) is 0 Å². The van der Waals surface area contributed by atoms with E-state index in [0.29, 0.717) is 4.47 Å². The lowest BCUT2D eigenvalue weighted by Crippen LogP contribution is -2.28. The topological polar surface area (TPSA) is 75.0 Å². The van der Waals surface area contributed by atoms with Gasteiger partial charge in [0.05, 0.1) is 16.0 Å². The highest BCUT2D eigenvalue weighted by Gasteiger charge is 2.40. The largest absolute Gasteiger partial charge is 0.479 e. The van der Waals surface area contributed by atoms with Crippen LogP contribution in [0.4, 0.5) is 13.2 Å². The fraction of sp³-hybridized carbons (Fsp3) is 0.273. The Morgan fingerprint density at radius 3 is 2.41 bits per heavy atom. The third kappa shape index (κ3) is 5.24. The summed E-state index contributed by atoms with van der Waals surface area (Å²) in [5, 5.41) is -0.148. The number of rotatable bonds is 6. The molecular formula is C22H18BrF3O6. The lowest BCUT2D eigenvalue weighted by atomic mass is 10.2. The molecule has 0 amide bonds.